The highest BCUT2D eigenvalue weighted by Crippen LogP contribution is 2.41. The largest absolute Gasteiger partial charge is 0.496 e. The lowest BCUT2D eigenvalue weighted by Gasteiger charge is -2.15. The predicted octanol–water partition coefficient (Wildman–Crippen LogP) is 2.86. The summed E-state index contributed by atoms with van der Waals surface area (Å²) in [7, 11) is 0.883. The molecule has 1 heterocycles. The number of hydrogen-bond acceptors (Lipinski definition) is 3. The first-order valence-corrected chi connectivity index (χ1v) is 4.20. The van der Waals surface area contributed by atoms with Gasteiger partial charge in [0.25, 0.3) is 6.43 Å². The second-order valence-electron chi connectivity index (χ2n) is 2.93. The van der Waals surface area contributed by atoms with Crippen LogP contribution in [0.15, 0.2) is 6.07 Å². The number of halogens is 5. The van der Waals surface area contributed by atoms with Gasteiger partial charge in [-0.15, -0.1) is 0 Å². The fourth-order valence-electron chi connectivity index (χ4n) is 1.22. The summed E-state index contributed by atoms with van der Waals surface area (Å²) >= 11 is 0. The maximum Gasteiger partial charge on any atom is 0.421 e. The minimum atomic E-state index is -5.04. The molecule has 0 aliphatic carbocycles. The van der Waals surface area contributed by atoms with Gasteiger partial charge in [0.2, 0.25) is 0 Å². The van der Waals surface area contributed by atoms with Gasteiger partial charge in [-0.05, 0) is 0 Å². The van der Waals surface area contributed by atoms with Crippen LogP contribution in [0.1, 0.15) is 28.2 Å². The van der Waals surface area contributed by atoms with E-state index in [9.17, 15) is 26.7 Å². The Kier molecular flexibility index (Phi) is 3.64. The smallest absolute Gasteiger partial charge is 0.421 e. The quantitative estimate of drug-likeness (QED) is 0.615. The lowest BCUT2D eigenvalue weighted by Crippen LogP contribution is -2.14. The molecule has 3 nitrogen and oxygen atoms in total. The molecule has 0 radical (unpaired) electrons. The van der Waals surface area contributed by atoms with Crippen LogP contribution >= 0.6 is 0 Å². The third kappa shape index (κ3) is 2.69. The molecule has 17 heavy (non-hydrogen) atoms. The van der Waals surface area contributed by atoms with E-state index < -0.39 is 35.3 Å². The summed E-state index contributed by atoms with van der Waals surface area (Å²) in [6, 6.07) is 0.654. The Morgan fingerprint density at radius 1 is 1.41 bits per heavy atom. The van der Waals surface area contributed by atoms with Gasteiger partial charge in [-0.1, -0.05) is 0 Å². The molecule has 0 unspecified atom stereocenters. The highest BCUT2D eigenvalue weighted by molar-refractivity contribution is 5.73. The average molecular weight is 255 g/mol. The van der Waals surface area contributed by atoms with Crippen LogP contribution in [0.5, 0.6) is 5.75 Å². The third-order valence-electron chi connectivity index (χ3n) is 1.86. The summed E-state index contributed by atoms with van der Waals surface area (Å²) in [5.74, 6) is -0.857. The molecule has 1 rings (SSSR count). The first kappa shape index (κ1) is 13.3. The maximum absolute atomic E-state index is 12.6. The van der Waals surface area contributed by atoms with Gasteiger partial charge in [0.15, 0.2) is 6.29 Å². The molecule has 0 fully saturated rings. The molecule has 0 aliphatic heterocycles. The van der Waals surface area contributed by atoms with Crippen molar-refractivity contribution in [1.82, 2.24) is 4.98 Å². The number of alkyl halides is 5. The molecular formula is C9H6F5NO2. The molecule has 0 saturated heterocycles. The minimum absolute atomic E-state index is 0.0640. The van der Waals surface area contributed by atoms with Crippen molar-refractivity contribution in [2.24, 2.45) is 0 Å². The highest BCUT2D eigenvalue weighted by Gasteiger charge is 2.40. The van der Waals surface area contributed by atoms with Crippen LogP contribution < -0.4 is 4.74 Å². The second kappa shape index (κ2) is 4.64. The molecule has 0 saturated carbocycles. The van der Waals surface area contributed by atoms with E-state index in [2.05, 4.69) is 9.72 Å². The Morgan fingerprint density at radius 2 is 2.00 bits per heavy atom. The van der Waals surface area contributed by atoms with Crippen LogP contribution in [-0.2, 0) is 6.18 Å². The number of hydrogen-bond donors (Lipinski definition) is 0. The van der Waals surface area contributed by atoms with Crippen LogP contribution in [0.25, 0.3) is 0 Å². The summed E-state index contributed by atoms with van der Waals surface area (Å²) in [6.45, 7) is 0. The van der Waals surface area contributed by atoms with Crippen molar-refractivity contribution >= 4 is 6.29 Å². The third-order valence-corrected chi connectivity index (χ3v) is 1.86. The molecule has 0 aliphatic rings. The molecule has 0 amide bonds. The van der Waals surface area contributed by atoms with Crippen molar-refractivity contribution in [3.8, 4) is 5.75 Å². The Labute approximate surface area is 92.2 Å². The van der Waals surface area contributed by atoms with Gasteiger partial charge >= 0.3 is 6.18 Å². The Hall–Kier alpha value is -1.73. The monoisotopic (exact) mass is 255 g/mol. The van der Waals surface area contributed by atoms with Crippen molar-refractivity contribution in [3.63, 3.8) is 0 Å². The number of carbonyl (C=O) groups excluding carboxylic acids is 1. The molecular weight excluding hydrogens is 249 g/mol. The standard InChI is InChI=1S/C9H6F5NO2/c1-17-5-2-4(3-16)15-7(8(10)11)6(5)9(12,13)14/h2-3,8H,1H3. The molecule has 94 valence electrons. The van der Waals surface area contributed by atoms with Gasteiger partial charge in [-0.25, -0.2) is 13.8 Å². The predicted molar refractivity (Wildman–Crippen MR) is 46.1 cm³/mol. The average Bonchev–Trinajstić information content (AvgIpc) is 2.25. The van der Waals surface area contributed by atoms with Crippen LogP contribution in [-0.4, -0.2) is 18.4 Å². The number of rotatable bonds is 3. The SMILES string of the molecule is COc1cc(C=O)nc(C(F)F)c1C(F)(F)F. The van der Waals surface area contributed by atoms with Crippen LogP contribution in [0, 0.1) is 0 Å². The van der Waals surface area contributed by atoms with Gasteiger partial charge < -0.3 is 4.74 Å². The lowest BCUT2D eigenvalue weighted by molar-refractivity contribution is -0.141. The van der Waals surface area contributed by atoms with Gasteiger partial charge in [-0.3, -0.25) is 4.79 Å². The van der Waals surface area contributed by atoms with Gasteiger partial charge in [0, 0.05) is 6.07 Å². The Morgan fingerprint density at radius 3 is 2.35 bits per heavy atom. The van der Waals surface area contributed by atoms with Crippen molar-refractivity contribution in [1.29, 1.82) is 0 Å². The number of ether oxygens (including phenoxy) is 1. The van der Waals surface area contributed by atoms with Crippen LogP contribution in [0.4, 0.5) is 22.0 Å². The number of aldehydes is 1. The van der Waals surface area contributed by atoms with E-state index in [-0.39, 0.29) is 6.29 Å². The topological polar surface area (TPSA) is 39.2 Å². The van der Waals surface area contributed by atoms with E-state index in [1.165, 1.54) is 0 Å². The first-order chi connectivity index (χ1) is 7.81. The Balaban J connectivity index is 3.58. The molecule has 0 atom stereocenters. The molecule has 0 bridgehead atoms. The molecule has 0 N–H and O–H groups in total. The lowest BCUT2D eigenvalue weighted by atomic mass is 10.1. The van der Waals surface area contributed by atoms with E-state index in [0.717, 1.165) is 7.11 Å². The van der Waals surface area contributed by atoms with E-state index in [1.54, 1.807) is 0 Å². The Bertz CT molecular complexity index is 430. The minimum Gasteiger partial charge on any atom is -0.496 e. The van der Waals surface area contributed by atoms with Crippen molar-refractivity contribution in [3.05, 3.63) is 23.0 Å². The van der Waals surface area contributed by atoms with Crippen molar-refractivity contribution in [2.75, 3.05) is 7.11 Å². The fourth-order valence-corrected chi connectivity index (χ4v) is 1.22. The fraction of sp³-hybridized carbons (Fsp3) is 0.333. The second-order valence-corrected chi connectivity index (χ2v) is 2.93. The number of aromatic nitrogens is 1. The molecule has 1 aromatic heterocycles. The number of carbonyl (C=O) groups is 1. The molecule has 0 aromatic carbocycles. The maximum atomic E-state index is 12.6. The molecule has 8 heteroatoms. The zero-order valence-electron chi connectivity index (χ0n) is 8.39. The van der Waals surface area contributed by atoms with Gasteiger partial charge in [-0.2, -0.15) is 13.2 Å². The van der Waals surface area contributed by atoms with E-state index in [0.29, 0.717) is 6.07 Å². The summed E-state index contributed by atoms with van der Waals surface area (Å²) in [5, 5.41) is 0. The number of pyridine rings is 1. The van der Waals surface area contributed by atoms with Crippen molar-refractivity contribution in [2.45, 2.75) is 12.6 Å². The van der Waals surface area contributed by atoms with Crippen LogP contribution in [0.2, 0.25) is 0 Å². The summed E-state index contributed by atoms with van der Waals surface area (Å²) in [5.41, 5.74) is -3.73. The number of nitrogens with zero attached hydrogens (tertiary/aromatic N) is 1. The zero-order valence-corrected chi connectivity index (χ0v) is 8.39. The van der Waals surface area contributed by atoms with Crippen LogP contribution in [0.3, 0.4) is 0 Å². The summed E-state index contributed by atoms with van der Waals surface area (Å²) in [4.78, 5) is 13.3. The van der Waals surface area contributed by atoms with Crippen molar-refractivity contribution < 1.29 is 31.5 Å². The number of methoxy groups -OCH3 is 1. The zero-order chi connectivity index (χ0) is 13.2. The molecule has 1 aromatic rings. The summed E-state index contributed by atoms with van der Waals surface area (Å²) < 4.78 is 66.9. The highest BCUT2D eigenvalue weighted by atomic mass is 19.4. The first-order valence-electron chi connectivity index (χ1n) is 4.20. The van der Waals surface area contributed by atoms with E-state index in [4.69, 9.17) is 0 Å². The van der Waals surface area contributed by atoms with Gasteiger partial charge in [0.05, 0.1) is 7.11 Å². The molecule has 0 spiro atoms. The van der Waals surface area contributed by atoms with E-state index in [1.807, 2.05) is 0 Å². The summed E-state index contributed by atoms with van der Waals surface area (Å²) in [6.07, 6.45) is -8.43. The normalized spacial score (nSPS) is 11.7. The van der Waals surface area contributed by atoms with Gasteiger partial charge in [0.1, 0.15) is 22.7 Å². The van der Waals surface area contributed by atoms with E-state index >= 15 is 0 Å².